The number of carbonyl (C=O) groups is 1. The Kier molecular flexibility index (Phi) is 4.80. The Bertz CT molecular complexity index is 1400. The van der Waals surface area contributed by atoms with Crippen LogP contribution in [0.3, 0.4) is 0 Å². The molecule has 0 N–H and O–H groups in total. The minimum atomic E-state index is -0.418. The van der Waals surface area contributed by atoms with Gasteiger partial charge in [-0.05, 0) is 66.8 Å². The van der Waals surface area contributed by atoms with Gasteiger partial charge in [0.25, 0.3) is 0 Å². The summed E-state index contributed by atoms with van der Waals surface area (Å²) >= 11 is 1.61. The number of nitriles is 1. The number of benzene rings is 1. The standard InChI is InChI=1S/C25H23N5O2S/c26-11-17-5-6-21-22(9-17)30(16-28-21)12-18-3-1-7-25(10-18)15-29(24(31)32-25)13-19-14-33-23-20(19)4-2-8-27-23/h2,4-6,8-9,14,16,18H,1,3,7,10,12-13,15H2/t18-,25-/m0/s1. The number of imidazole rings is 1. The lowest BCUT2D eigenvalue weighted by Crippen LogP contribution is -2.40. The third-order valence-electron chi connectivity index (χ3n) is 6.94. The second kappa shape index (κ2) is 7.85. The molecule has 8 heteroatoms. The van der Waals surface area contributed by atoms with Crippen molar-refractivity contribution in [2.75, 3.05) is 6.54 Å². The van der Waals surface area contributed by atoms with E-state index in [0.29, 0.717) is 24.6 Å². The molecule has 1 aliphatic heterocycles. The van der Waals surface area contributed by atoms with Crippen LogP contribution in [0, 0.1) is 17.2 Å². The van der Waals surface area contributed by atoms with Crippen molar-refractivity contribution in [2.24, 2.45) is 5.92 Å². The second-order valence-electron chi connectivity index (χ2n) is 9.20. The van der Waals surface area contributed by atoms with Gasteiger partial charge in [-0.25, -0.2) is 14.8 Å². The lowest BCUT2D eigenvalue weighted by Gasteiger charge is -2.36. The highest BCUT2D eigenvalue weighted by molar-refractivity contribution is 7.16. The molecule has 1 saturated heterocycles. The fraction of sp³-hybridized carbons (Fsp3) is 0.360. The summed E-state index contributed by atoms with van der Waals surface area (Å²) in [5.74, 6) is 0.390. The molecule has 1 saturated carbocycles. The normalized spacial score (nSPS) is 22.8. The van der Waals surface area contributed by atoms with Gasteiger partial charge in [-0.15, -0.1) is 11.3 Å². The molecule has 2 atom stereocenters. The predicted molar refractivity (Wildman–Crippen MR) is 126 cm³/mol. The zero-order chi connectivity index (χ0) is 22.4. The number of amides is 1. The van der Waals surface area contributed by atoms with E-state index in [1.54, 1.807) is 23.6 Å². The van der Waals surface area contributed by atoms with Crippen LogP contribution in [0.25, 0.3) is 21.3 Å². The first-order chi connectivity index (χ1) is 16.1. The van der Waals surface area contributed by atoms with Crippen molar-refractivity contribution < 1.29 is 9.53 Å². The van der Waals surface area contributed by atoms with E-state index in [1.165, 1.54) is 0 Å². The van der Waals surface area contributed by atoms with Gasteiger partial charge >= 0.3 is 6.09 Å². The topological polar surface area (TPSA) is 84.0 Å². The van der Waals surface area contributed by atoms with E-state index < -0.39 is 5.60 Å². The fourth-order valence-corrected chi connectivity index (χ4v) is 6.35. The third-order valence-corrected chi connectivity index (χ3v) is 7.89. The van der Waals surface area contributed by atoms with Crippen molar-refractivity contribution in [1.29, 1.82) is 5.26 Å². The van der Waals surface area contributed by atoms with Crippen molar-refractivity contribution in [3.05, 3.63) is 59.4 Å². The summed E-state index contributed by atoms with van der Waals surface area (Å²) in [5.41, 5.74) is 3.23. The van der Waals surface area contributed by atoms with Gasteiger partial charge in [0.2, 0.25) is 0 Å². The van der Waals surface area contributed by atoms with E-state index in [9.17, 15) is 10.1 Å². The number of thiophene rings is 1. The van der Waals surface area contributed by atoms with E-state index in [-0.39, 0.29) is 6.09 Å². The van der Waals surface area contributed by atoms with Gasteiger partial charge in [0.05, 0.1) is 42.1 Å². The van der Waals surface area contributed by atoms with E-state index in [0.717, 1.165) is 59.0 Å². The van der Waals surface area contributed by atoms with Gasteiger partial charge in [-0.3, -0.25) is 4.90 Å². The van der Waals surface area contributed by atoms with Gasteiger partial charge in [0.1, 0.15) is 10.4 Å². The highest BCUT2D eigenvalue weighted by Gasteiger charge is 2.48. The molecule has 3 aromatic heterocycles. The number of fused-ring (bicyclic) bond motifs is 2. The van der Waals surface area contributed by atoms with Crippen LogP contribution in [-0.4, -0.2) is 37.7 Å². The maximum absolute atomic E-state index is 12.8. The second-order valence-corrected chi connectivity index (χ2v) is 10.1. The molecule has 2 aliphatic rings. The molecule has 4 heterocycles. The third kappa shape index (κ3) is 3.62. The van der Waals surface area contributed by atoms with Crippen molar-refractivity contribution in [3.63, 3.8) is 0 Å². The van der Waals surface area contributed by atoms with Crippen LogP contribution in [0.15, 0.2) is 48.2 Å². The first-order valence-electron chi connectivity index (χ1n) is 11.3. The van der Waals surface area contributed by atoms with Crippen LogP contribution in [0.2, 0.25) is 0 Å². The molecule has 4 aromatic rings. The number of hydrogen-bond acceptors (Lipinski definition) is 6. The molecule has 1 aliphatic carbocycles. The maximum Gasteiger partial charge on any atom is 0.410 e. The van der Waals surface area contributed by atoms with Crippen molar-refractivity contribution in [3.8, 4) is 6.07 Å². The number of hydrogen-bond donors (Lipinski definition) is 0. The number of rotatable bonds is 4. The van der Waals surface area contributed by atoms with E-state index in [4.69, 9.17) is 4.74 Å². The molecule has 6 rings (SSSR count). The molecule has 0 unspecified atom stereocenters. The molecule has 1 amide bonds. The number of pyridine rings is 1. The Labute approximate surface area is 195 Å². The first kappa shape index (κ1) is 20.2. The van der Waals surface area contributed by atoms with Crippen LogP contribution >= 0.6 is 11.3 Å². The van der Waals surface area contributed by atoms with Crippen LogP contribution in [0.1, 0.15) is 36.8 Å². The average Bonchev–Trinajstić information content (AvgIpc) is 3.50. The van der Waals surface area contributed by atoms with E-state index in [1.807, 2.05) is 29.4 Å². The smallest absolute Gasteiger partial charge is 0.410 e. The summed E-state index contributed by atoms with van der Waals surface area (Å²) in [6, 6.07) is 11.8. The first-order valence-corrected chi connectivity index (χ1v) is 12.1. The molecule has 0 bridgehead atoms. The number of ether oxygens (including phenoxy) is 1. The SMILES string of the molecule is N#Cc1ccc2ncn(C[C@H]3CCC[C@]4(C3)CN(Cc3csc5ncccc35)C(=O)O4)c2c1. The zero-order valence-corrected chi connectivity index (χ0v) is 18.9. The molecule has 1 spiro atoms. The van der Waals surface area contributed by atoms with Gasteiger partial charge in [-0.2, -0.15) is 5.26 Å². The molecule has 2 fully saturated rings. The van der Waals surface area contributed by atoms with Crippen LogP contribution in [0.4, 0.5) is 4.79 Å². The highest BCUT2D eigenvalue weighted by Crippen LogP contribution is 2.41. The average molecular weight is 458 g/mol. The van der Waals surface area contributed by atoms with Gasteiger partial charge in [0, 0.05) is 18.1 Å². The van der Waals surface area contributed by atoms with Crippen LogP contribution in [0.5, 0.6) is 0 Å². The van der Waals surface area contributed by atoms with Gasteiger partial charge < -0.3 is 9.30 Å². The van der Waals surface area contributed by atoms with E-state index in [2.05, 4.69) is 32.1 Å². The lowest BCUT2D eigenvalue weighted by molar-refractivity contribution is 0.00415. The molecular weight excluding hydrogens is 434 g/mol. The largest absolute Gasteiger partial charge is 0.441 e. The van der Waals surface area contributed by atoms with Crippen molar-refractivity contribution >= 4 is 38.7 Å². The number of carbonyl (C=O) groups excluding carboxylic acids is 1. The Hall–Kier alpha value is -3.44. The van der Waals surface area contributed by atoms with Crippen LogP contribution < -0.4 is 0 Å². The fourth-order valence-electron chi connectivity index (χ4n) is 5.45. The summed E-state index contributed by atoms with van der Waals surface area (Å²) in [7, 11) is 0. The van der Waals surface area contributed by atoms with E-state index >= 15 is 0 Å². The molecule has 166 valence electrons. The van der Waals surface area contributed by atoms with Crippen molar-refractivity contribution in [1.82, 2.24) is 19.4 Å². The Morgan fingerprint density at radius 2 is 2.24 bits per heavy atom. The summed E-state index contributed by atoms with van der Waals surface area (Å²) in [5, 5.41) is 12.5. The van der Waals surface area contributed by atoms with Crippen molar-refractivity contribution in [2.45, 2.75) is 44.4 Å². The summed E-state index contributed by atoms with van der Waals surface area (Å²) in [4.78, 5) is 24.6. The molecular formula is C25H23N5O2S. The molecule has 1 aromatic carbocycles. The summed E-state index contributed by atoms with van der Waals surface area (Å²) in [6.07, 6.45) is 7.32. The molecule has 33 heavy (non-hydrogen) atoms. The minimum absolute atomic E-state index is 0.217. The monoisotopic (exact) mass is 457 g/mol. The zero-order valence-electron chi connectivity index (χ0n) is 18.1. The Morgan fingerprint density at radius 3 is 3.15 bits per heavy atom. The van der Waals surface area contributed by atoms with Crippen LogP contribution in [-0.2, 0) is 17.8 Å². The Morgan fingerprint density at radius 1 is 1.30 bits per heavy atom. The quantitative estimate of drug-likeness (QED) is 0.426. The summed E-state index contributed by atoms with van der Waals surface area (Å²) in [6.45, 7) is 1.99. The molecule has 0 radical (unpaired) electrons. The van der Waals surface area contributed by atoms with Gasteiger partial charge in [0.15, 0.2) is 0 Å². The minimum Gasteiger partial charge on any atom is -0.441 e. The highest BCUT2D eigenvalue weighted by atomic mass is 32.1. The Balaban J connectivity index is 1.19. The summed E-state index contributed by atoms with van der Waals surface area (Å²) < 4.78 is 8.18. The predicted octanol–water partition coefficient (Wildman–Crippen LogP) is 5.10. The number of nitrogens with zero attached hydrogens (tertiary/aromatic N) is 5. The van der Waals surface area contributed by atoms with Gasteiger partial charge in [-0.1, -0.05) is 6.07 Å². The molecule has 7 nitrogen and oxygen atoms in total. The maximum atomic E-state index is 12.8. The number of aromatic nitrogens is 3. The lowest BCUT2D eigenvalue weighted by atomic mass is 9.78.